The lowest BCUT2D eigenvalue weighted by Gasteiger charge is -2.05. The zero-order valence-corrected chi connectivity index (χ0v) is 9.85. The topological polar surface area (TPSA) is 94.0 Å². The van der Waals surface area contributed by atoms with Gasteiger partial charge in [-0.15, -0.1) is 0 Å². The van der Waals surface area contributed by atoms with Gasteiger partial charge in [0.05, 0.1) is 0 Å². The van der Waals surface area contributed by atoms with Crippen molar-refractivity contribution in [1.82, 2.24) is 20.2 Å². The number of tetrazole rings is 1. The Morgan fingerprint density at radius 3 is 2.94 bits per heavy atom. The van der Waals surface area contributed by atoms with E-state index < -0.39 is 0 Å². The zero-order valence-electron chi connectivity index (χ0n) is 9.85. The minimum atomic E-state index is 0.356. The predicted molar refractivity (Wildman–Crippen MR) is 63.1 cm³/mol. The summed E-state index contributed by atoms with van der Waals surface area (Å²) >= 11 is 0. The van der Waals surface area contributed by atoms with Gasteiger partial charge in [-0.25, -0.2) is 4.68 Å². The van der Waals surface area contributed by atoms with Crippen molar-refractivity contribution < 1.29 is 0 Å². The molecule has 1 rings (SSSR count). The van der Waals surface area contributed by atoms with Crippen LogP contribution in [0.3, 0.4) is 0 Å². The van der Waals surface area contributed by atoms with E-state index in [0.29, 0.717) is 18.5 Å². The molecule has 1 aromatic heterocycles. The third-order valence-electron chi connectivity index (χ3n) is 2.00. The number of aryl methyl sites for hydroxylation is 1. The van der Waals surface area contributed by atoms with E-state index in [1.54, 1.807) is 4.68 Å². The third kappa shape index (κ3) is 3.84. The van der Waals surface area contributed by atoms with Gasteiger partial charge in [0.15, 0.2) is 5.96 Å². The average molecular weight is 225 g/mol. The first-order valence-electron chi connectivity index (χ1n) is 5.61. The molecule has 90 valence electrons. The largest absolute Gasteiger partial charge is 0.370 e. The summed E-state index contributed by atoms with van der Waals surface area (Å²) in [5.41, 5.74) is 5.68. The van der Waals surface area contributed by atoms with Crippen LogP contribution in [0, 0.1) is 0 Å². The summed E-state index contributed by atoms with van der Waals surface area (Å²) in [6.45, 7) is 5.65. The van der Waals surface area contributed by atoms with Gasteiger partial charge in [0.1, 0.15) is 0 Å². The van der Waals surface area contributed by atoms with Crippen LogP contribution in [0.4, 0.5) is 5.95 Å². The van der Waals surface area contributed by atoms with E-state index in [-0.39, 0.29) is 0 Å². The lowest BCUT2D eigenvalue weighted by atomic mass is 10.3. The second-order valence-corrected chi connectivity index (χ2v) is 3.47. The van der Waals surface area contributed by atoms with Gasteiger partial charge in [0.2, 0.25) is 5.95 Å². The van der Waals surface area contributed by atoms with Gasteiger partial charge in [-0.3, -0.25) is 10.3 Å². The molecule has 7 nitrogen and oxygen atoms in total. The number of unbranched alkanes of at least 4 members (excludes halogenated alkanes) is 1. The Hall–Kier alpha value is -1.66. The molecule has 0 radical (unpaired) electrons. The van der Waals surface area contributed by atoms with Crippen LogP contribution < -0.4 is 11.1 Å². The maximum Gasteiger partial charge on any atom is 0.249 e. The van der Waals surface area contributed by atoms with Gasteiger partial charge < -0.3 is 5.73 Å². The van der Waals surface area contributed by atoms with Crippen LogP contribution in [0.15, 0.2) is 4.99 Å². The van der Waals surface area contributed by atoms with Crippen LogP contribution >= 0.6 is 0 Å². The van der Waals surface area contributed by atoms with Gasteiger partial charge in [-0.2, -0.15) is 0 Å². The van der Waals surface area contributed by atoms with Crippen LogP contribution in [0.1, 0.15) is 33.1 Å². The highest BCUT2D eigenvalue weighted by Gasteiger charge is 2.05. The number of nitrogens with two attached hydrogens (primary N) is 1. The van der Waals surface area contributed by atoms with E-state index in [2.05, 4.69) is 32.8 Å². The zero-order chi connectivity index (χ0) is 11.8. The molecule has 0 amide bonds. The highest BCUT2D eigenvalue weighted by atomic mass is 15.6. The standard InChI is InChI=1S/C9H19N7/c1-3-5-7-16-9(13-14-15-16)12-8(10)11-6-4-2/h3-7H2,1-2H3,(H3,10,11,12,13,15). The molecule has 1 aromatic rings. The Kier molecular flexibility index (Phi) is 5.24. The molecule has 1 heterocycles. The van der Waals surface area contributed by atoms with Crippen LogP contribution in [-0.4, -0.2) is 32.7 Å². The molecule has 0 spiro atoms. The maximum absolute atomic E-state index is 5.68. The van der Waals surface area contributed by atoms with Gasteiger partial charge in [-0.05, 0) is 23.3 Å². The summed E-state index contributed by atoms with van der Waals surface area (Å²) in [5.74, 6) is 0.903. The molecule has 0 bridgehead atoms. The number of anilines is 1. The Balaban J connectivity index is 2.55. The number of nitrogens with zero attached hydrogens (tertiary/aromatic N) is 5. The molecule has 0 saturated heterocycles. The molecule has 0 aromatic carbocycles. The van der Waals surface area contributed by atoms with Crippen molar-refractivity contribution in [2.45, 2.75) is 39.7 Å². The van der Waals surface area contributed by atoms with Crippen molar-refractivity contribution in [3.05, 3.63) is 0 Å². The van der Waals surface area contributed by atoms with Crippen molar-refractivity contribution in [2.75, 3.05) is 11.9 Å². The summed E-state index contributed by atoms with van der Waals surface area (Å²) in [7, 11) is 0. The quantitative estimate of drug-likeness (QED) is 0.546. The van der Waals surface area contributed by atoms with Crippen molar-refractivity contribution in [3.63, 3.8) is 0 Å². The van der Waals surface area contributed by atoms with Crippen molar-refractivity contribution in [1.29, 1.82) is 0 Å². The first-order valence-corrected chi connectivity index (χ1v) is 5.61. The fraction of sp³-hybridized carbons (Fsp3) is 0.778. The fourth-order valence-electron chi connectivity index (χ4n) is 1.14. The number of hydrogen-bond donors (Lipinski definition) is 2. The van der Waals surface area contributed by atoms with Crippen LogP contribution in [0.2, 0.25) is 0 Å². The van der Waals surface area contributed by atoms with E-state index in [9.17, 15) is 0 Å². The Bertz CT molecular complexity index is 330. The molecule has 16 heavy (non-hydrogen) atoms. The first-order chi connectivity index (χ1) is 7.77. The Morgan fingerprint density at radius 2 is 2.25 bits per heavy atom. The maximum atomic E-state index is 5.68. The molecule has 0 unspecified atom stereocenters. The average Bonchev–Trinajstić information content (AvgIpc) is 2.71. The van der Waals surface area contributed by atoms with E-state index in [1.807, 2.05) is 6.92 Å². The Labute approximate surface area is 95.1 Å². The smallest absolute Gasteiger partial charge is 0.249 e. The molecule has 3 N–H and O–H groups in total. The molecule has 0 aliphatic heterocycles. The van der Waals surface area contributed by atoms with E-state index in [0.717, 1.165) is 25.8 Å². The minimum Gasteiger partial charge on any atom is -0.370 e. The van der Waals surface area contributed by atoms with Gasteiger partial charge in [-0.1, -0.05) is 25.4 Å². The van der Waals surface area contributed by atoms with E-state index in [1.165, 1.54) is 0 Å². The highest BCUT2D eigenvalue weighted by molar-refractivity contribution is 5.90. The van der Waals surface area contributed by atoms with Crippen molar-refractivity contribution in [3.8, 4) is 0 Å². The monoisotopic (exact) mass is 225 g/mol. The lowest BCUT2D eigenvalue weighted by Crippen LogP contribution is -2.25. The molecule has 0 aliphatic carbocycles. The number of guanidine groups is 1. The SMILES string of the molecule is CCCCn1nnnc1NC(N)=NCCC. The lowest BCUT2D eigenvalue weighted by molar-refractivity contribution is 0.558. The second kappa shape index (κ2) is 6.76. The van der Waals surface area contributed by atoms with Crippen molar-refractivity contribution in [2.24, 2.45) is 10.7 Å². The predicted octanol–water partition coefficient (Wildman–Crippen LogP) is 0.610. The molecule has 0 atom stereocenters. The van der Waals surface area contributed by atoms with Crippen LogP contribution in [-0.2, 0) is 6.54 Å². The molecule has 7 heteroatoms. The van der Waals surface area contributed by atoms with E-state index in [4.69, 9.17) is 5.73 Å². The summed E-state index contributed by atoms with van der Waals surface area (Å²) in [5, 5.41) is 14.2. The van der Waals surface area contributed by atoms with E-state index >= 15 is 0 Å². The minimum absolute atomic E-state index is 0.356. The Morgan fingerprint density at radius 1 is 1.44 bits per heavy atom. The number of rotatable bonds is 6. The summed E-state index contributed by atoms with van der Waals surface area (Å²) in [4.78, 5) is 4.11. The number of aromatic nitrogens is 4. The van der Waals surface area contributed by atoms with Crippen molar-refractivity contribution >= 4 is 11.9 Å². The third-order valence-corrected chi connectivity index (χ3v) is 2.00. The molecular weight excluding hydrogens is 206 g/mol. The van der Waals surface area contributed by atoms with Crippen LogP contribution in [0.5, 0.6) is 0 Å². The normalized spacial score (nSPS) is 11.8. The molecule has 0 fully saturated rings. The molecule has 0 saturated carbocycles. The van der Waals surface area contributed by atoms with Gasteiger partial charge >= 0.3 is 0 Å². The summed E-state index contributed by atoms with van der Waals surface area (Å²) in [6.07, 6.45) is 3.09. The molecule has 0 aliphatic rings. The first kappa shape index (κ1) is 12.4. The molecular formula is C9H19N7. The fourth-order valence-corrected chi connectivity index (χ4v) is 1.14. The highest BCUT2D eigenvalue weighted by Crippen LogP contribution is 2.01. The van der Waals surface area contributed by atoms with Gasteiger partial charge in [0, 0.05) is 13.1 Å². The number of aliphatic imine (C=N–C) groups is 1. The number of nitrogens with one attached hydrogen (secondary N) is 1. The van der Waals surface area contributed by atoms with Crippen LogP contribution in [0.25, 0.3) is 0 Å². The van der Waals surface area contributed by atoms with Gasteiger partial charge in [0.25, 0.3) is 0 Å². The summed E-state index contributed by atoms with van der Waals surface area (Å²) < 4.78 is 1.69. The number of hydrogen-bond acceptors (Lipinski definition) is 4. The summed E-state index contributed by atoms with van der Waals surface area (Å²) in [6, 6.07) is 0. The second-order valence-electron chi connectivity index (χ2n) is 3.47.